The van der Waals surface area contributed by atoms with Gasteiger partial charge in [-0.3, -0.25) is 13.9 Å². The summed E-state index contributed by atoms with van der Waals surface area (Å²) in [6.45, 7) is 4.84. The highest BCUT2D eigenvalue weighted by Crippen LogP contribution is 2.29. The molecule has 0 spiro atoms. The van der Waals surface area contributed by atoms with Crippen molar-refractivity contribution in [3.63, 3.8) is 0 Å². The summed E-state index contributed by atoms with van der Waals surface area (Å²) in [5.41, 5.74) is 1.84. The third kappa shape index (κ3) is 4.57. The largest absolute Gasteiger partial charge is 0.474 e. The van der Waals surface area contributed by atoms with Crippen molar-refractivity contribution in [3.05, 3.63) is 74.8 Å². The van der Waals surface area contributed by atoms with Crippen molar-refractivity contribution in [3.8, 4) is 17.1 Å². The Kier molecular flexibility index (Phi) is 6.47. The molecule has 8 nitrogen and oxygen atoms in total. The topological polar surface area (TPSA) is 83.9 Å². The Bertz CT molecular complexity index is 1510. The number of benzene rings is 1. The van der Waals surface area contributed by atoms with E-state index in [-0.39, 0.29) is 17.7 Å². The van der Waals surface area contributed by atoms with Gasteiger partial charge in [0.05, 0.1) is 12.2 Å². The molecule has 3 aromatic heterocycles. The second-order valence-corrected chi connectivity index (χ2v) is 9.88. The van der Waals surface area contributed by atoms with Gasteiger partial charge in [-0.25, -0.2) is 14.5 Å². The lowest BCUT2D eigenvalue weighted by molar-refractivity contribution is 0.192. The molecule has 1 aliphatic carbocycles. The van der Waals surface area contributed by atoms with Crippen LogP contribution in [0.4, 0.5) is 4.39 Å². The molecule has 36 heavy (non-hydrogen) atoms. The van der Waals surface area contributed by atoms with Crippen LogP contribution in [0.15, 0.2) is 52.1 Å². The van der Waals surface area contributed by atoms with E-state index in [0.717, 1.165) is 41.4 Å². The molecule has 0 aliphatic heterocycles. The van der Waals surface area contributed by atoms with Crippen molar-refractivity contribution < 1.29 is 9.13 Å². The Balaban J connectivity index is 1.59. The fourth-order valence-corrected chi connectivity index (χ4v) is 4.78. The Morgan fingerprint density at radius 1 is 1.08 bits per heavy atom. The molecule has 1 fully saturated rings. The number of rotatable bonds is 7. The number of hydrogen-bond donors (Lipinski definition) is 0. The number of hydrogen-bond acceptors (Lipinski definition) is 5. The van der Waals surface area contributed by atoms with Gasteiger partial charge in [0.15, 0.2) is 5.65 Å². The Labute approximate surface area is 208 Å². The first kappa shape index (κ1) is 24.0. The van der Waals surface area contributed by atoms with E-state index in [1.54, 1.807) is 21.4 Å². The smallest absolute Gasteiger partial charge is 0.332 e. The van der Waals surface area contributed by atoms with Gasteiger partial charge in [0, 0.05) is 19.2 Å². The fourth-order valence-electron chi connectivity index (χ4n) is 4.78. The molecular formula is C27H30FN5O3. The van der Waals surface area contributed by atoms with E-state index in [9.17, 15) is 14.0 Å². The van der Waals surface area contributed by atoms with Crippen LogP contribution in [0.1, 0.15) is 45.1 Å². The summed E-state index contributed by atoms with van der Waals surface area (Å²) in [6.07, 6.45) is 4.03. The number of pyridine rings is 1. The lowest BCUT2D eigenvalue weighted by atomic mass is 10.1. The lowest BCUT2D eigenvalue weighted by Gasteiger charge is -2.15. The molecule has 0 unspecified atom stereocenters. The minimum atomic E-state index is -0.525. The van der Waals surface area contributed by atoms with Crippen LogP contribution in [0.3, 0.4) is 0 Å². The first-order valence-corrected chi connectivity index (χ1v) is 12.4. The number of nitrogens with zero attached hydrogens (tertiary/aromatic N) is 5. The van der Waals surface area contributed by atoms with E-state index in [1.165, 1.54) is 13.1 Å². The monoisotopic (exact) mass is 491 g/mol. The minimum absolute atomic E-state index is 0.0141. The summed E-state index contributed by atoms with van der Waals surface area (Å²) in [4.78, 5) is 30.2. The van der Waals surface area contributed by atoms with Crippen LogP contribution in [-0.2, 0) is 20.1 Å². The summed E-state index contributed by atoms with van der Waals surface area (Å²) < 4.78 is 24.3. The standard InChI is InChI=1S/C27H30FN5O3/c1-17(2)15-32-24-23(25(34)31(3)27(32)35)26(36-20-7-4-5-8-20)33(30-24)16-18-11-13-19(14-12-18)21-9-6-10-22(28)29-21/h6,9-14,17,20H,4-5,7-8,15-16H2,1-3H3. The number of fused-ring (bicyclic) bond motifs is 1. The zero-order chi connectivity index (χ0) is 25.4. The van der Waals surface area contributed by atoms with E-state index >= 15 is 0 Å². The molecule has 5 rings (SSSR count). The van der Waals surface area contributed by atoms with E-state index in [4.69, 9.17) is 9.84 Å². The predicted molar refractivity (Wildman–Crippen MR) is 136 cm³/mol. The maximum absolute atomic E-state index is 13.5. The van der Waals surface area contributed by atoms with Crippen molar-refractivity contribution in [1.29, 1.82) is 0 Å². The van der Waals surface area contributed by atoms with E-state index in [2.05, 4.69) is 4.98 Å². The highest BCUT2D eigenvalue weighted by Gasteiger charge is 2.26. The van der Waals surface area contributed by atoms with Crippen molar-refractivity contribution in [1.82, 2.24) is 23.9 Å². The third-order valence-corrected chi connectivity index (χ3v) is 6.60. The highest BCUT2D eigenvalue weighted by molar-refractivity contribution is 5.80. The van der Waals surface area contributed by atoms with Crippen LogP contribution in [0.5, 0.6) is 5.88 Å². The Hall–Kier alpha value is -3.75. The first-order valence-electron chi connectivity index (χ1n) is 12.4. The summed E-state index contributed by atoms with van der Waals surface area (Å²) in [5, 5.41) is 5.08. The van der Waals surface area contributed by atoms with Gasteiger partial charge >= 0.3 is 5.69 Å². The highest BCUT2D eigenvalue weighted by atomic mass is 19.1. The second-order valence-electron chi connectivity index (χ2n) is 9.88. The first-order chi connectivity index (χ1) is 17.3. The van der Waals surface area contributed by atoms with Crippen molar-refractivity contribution in [2.45, 2.75) is 58.7 Å². The van der Waals surface area contributed by atoms with Gasteiger partial charge in [-0.05, 0) is 49.3 Å². The molecule has 9 heteroatoms. The van der Waals surface area contributed by atoms with Gasteiger partial charge in [0.2, 0.25) is 11.8 Å². The molecule has 0 bridgehead atoms. The van der Waals surface area contributed by atoms with Crippen molar-refractivity contribution >= 4 is 11.0 Å². The van der Waals surface area contributed by atoms with Gasteiger partial charge in [-0.2, -0.15) is 9.49 Å². The zero-order valence-corrected chi connectivity index (χ0v) is 20.8. The minimum Gasteiger partial charge on any atom is -0.474 e. The summed E-state index contributed by atoms with van der Waals surface area (Å²) in [5.74, 6) is 0.0742. The van der Waals surface area contributed by atoms with E-state index in [0.29, 0.717) is 35.7 Å². The molecule has 1 aliphatic rings. The predicted octanol–water partition coefficient (Wildman–Crippen LogP) is 4.12. The average Bonchev–Trinajstić information content (AvgIpc) is 3.49. The van der Waals surface area contributed by atoms with Gasteiger partial charge in [0.1, 0.15) is 11.5 Å². The molecule has 3 heterocycles. The van der Waals surface area contributed by atoms with Crippen LogP contribution in [0, 0.1) is 11.9 Å². The fraction of sp³-hybridized carbons (Fsp3) is 0.407. The molecule has 0 radical (unpaired) electrons. The lowest BCUT2D eigenvalue weighted by Crippen LogP contribution is -2.38. The summed E-state index contributed by atoms with van der Waals surface area (Å²) in [6, 6.07) is 12.3. The van der Waals surface area contributed by atoms with Crippen LogP contribution >= 0.6 is 0 Å². The second kappa shape index (κ2) is 9.72. The summed E-state index contributed by atoms with van der Waals surface area (Å²) in [7, 11) is 1.50. The van der Waals surface area contributed by atoms with Gasteiger partial charge in [-0.15, -0.1) is 0 Å². The van der Waals surface area contributed by atoms with Gasteiger partial charge in [-0.1, -0.05) is 44.2 Å². The Morgan fingerprint density at radius 2 is 1.81 bits per heavy atom. The average molecular weight is 492 g/mol. The van der Waals surface area contributed by atoms with Crippen LogP contribution < -0.4 is 16.0 Å². The SMILES string of the molecule is CC(C)Cn1c(=O)n(C)c(=O)c2c(OC3CCCC3)n(Cc3ccc(-c4cccc(F)n4)cc3)nc21. The molecule has 1 saturated carbocycles. The zero-order valence-electron chi connectivity index (χ0n) is 20.8. The molecule has 0 atom stereocenters. The maximum atomic E-state index is 13.5. The van der Waals surface area contributed by atoms with Crippen molar-refractivity contribution in [2.75, 3.05) is 0 Å². The third-order valence-electron chi connectivity index (χ3n) is 6.60. The number of ether oxygens (including phenoxy) is 1. The molecule has 188 valence electrons. The molecule has 4 aromatic rings. The van der Waals surface area contributed by atoms with Gasteiger partial charge in [0.25, 0.3) is 5.56 Å². The molecule has 0 saturated heterocycles. The Morgan fingerprint density at radius 3 is 2.47 bits per heavy atom. The summed E-state index contributed by atoms with van der Waals surface area (Å²) >= 11 is 0. The number of aromatic nitrogens is 5. The number of halogens is 1. The van der Waals surface area contributed by atoms with Crippen LogP contribution in [0.25, 0.3) is 22.3 Å². The molecular weight excluding hydrogens is 461 g/mol. The van der Waals surface area contributed by atoms with Gasteiger partial charge < -0.3 is 4.74 Å². The van der Waals surface area contributed by atoms with E-state index < -0.39 is 11.5 Å². The van der Waals surface area contributed by atoms with Crippen LogP contribution in [0.2, 0.25) is 0 Å². The van der Waals surface area contributed by atoms with E-state index in [1.807, 2.05) is 38.1 Å². The van der Waals surface area contributed by atoms with Crippen molar-refractivity contribution in [2.24, 2.45) is 13.0 Å². The molecule has 0 amide bonds. The molecule has 0 N–H and O–H groups in total. The normalized spacial score (nSPS) is 14.2. The molecule has 1 aromatic carbocycles. The quantitative estimate of drug-likeness (QED) is 0.363. The maximum Gasteiger partial charge on any atom is 0.332 e. The van der Waals surface area contributed by atoms with Crippen LogP contribution in [-0.4, -0.2) is 30.0 Å².